The molecule has 2 aromatic carbocycles. The van der Waals surface area contributed by atoms with Crippen molar-refractivity contribution in [1.29, 1.82) is 0 Å². The van der Waals surface area contributed by atoms with E-state index in [-0.39, 0.29) is 11.7 Å². The molecule has 1 saturated heterocycles. The van der Waals surface area contributed by atoms with Crippen molar-refractivity contribution >= 4 is 40.1 Å². The van der Waals surface area contributed by atoms with E-state index >= 15 is 0 Å². The number of ether oxygens (including phenoxy) is 1. The molecule has 6 nitrogen and oxygen atoms in total. The topological polar surface area (TPSA) is 74.4 Å². The third-order valence-electron chi connectivity index (χ3n) is 5.74. The monoisotopic (exact) mass is 439 g/mol. The number of H-pyrrole nitrogens is 1. The summed E-state index contributed by atoms with van der Waals surface area (Å²) in [6.07, 6.45) is 3.88. The second kappa shape index (κ2) is 9.98. The molecule has 3 aromatic rings. The summed E-state index contributed by atoms with van der Waals surface area (Å²) in [7, 11) is 0. The van der Waals surface area contributed by atoms with Crippen LogP contribution in [0.4, 0.5) is 10.5 Å². The Morgan fingerprint density at radius 2 is 1.87 bits per heavy atom. The van der Waals surface area contributed by atoms with Gasteiger partial charge in [-0.25, -0.2) is 4.79 Å². The Kier molecular flexibility index (Phi) is 6.89. The third kappa shape index (κ3) is 5.66. The van der Waals surface area contributed by atoms with Crippen LogP contribution in [0.5, 0.6) is 0 Å². The molecule has 4 rings (SSSR count). The molecule has 31 heavy (non-hydrogen) atoms. The van der Waals surface area contributed by atoms with Crippen molar-refractivity contribution in [1.82, 2.24) is 9.88 Å². The first-order valence-electron chi connectivity index (χ1n) is 10.6. The van der Waals surface area contributed by atoms with Crippen LogP contribution in [0.15, 0.2) is 54.7 Å². The molecule has 162 valence electrons. The Morgan fingerprint density at radius 3 is 2.65 bits per heavy atom. The highest BCUT2D eigenvalue weighted by Gasteiger charge is 2.25. The van der Waals surface area contributed by atoms with Gasteiger partial charge in [-0.3, -0.25) is 10.1 Å². The molecule has 1 aliphatic rings. The maximum absolute atomic E-state index is 12.6. The first kappa shape index (κ1) is 21.4. The van der Waals surface area contributed by atoms with Crippen molar-refractivity contribution in [2.75, 3.05) is 31.6 Å². The summed E-state index contributed by atoms with van der Waals surface area (Å²) in [6, 6.07) is 14.8. The quantitative estimate of drug-likeness (QED) is 0.384. The van der Waals surface area contributed by atoms with Crippen molar-refractivity contribution in [3.8, 4) is 0 Å². The summed E-state index contributed by atoms with van der Waals surface area (Å²) < 4.78 is 5.31. The lowest BCUT2D eigenvalue weighted by atomic mass is 9.89. The Bertz CT molecular complexity index is 1040. The molecule has 0 spiro atoms. The van der Waals surface area contributed by atoms with Crippen molar-refractivity contribution in [3.63, 3.8) is 0 Å². The fourth-order valence-electron chi connectivity index (χ4n) is 4.00. The maximum atomic E-state index is 12.6. The van der Waals surface area contributed by atoms with E-state index < -0.39 is 6.09 Å². The van der Waals surface area contributed by atoms with Crippen LogP contribution in [0.1, 0.15) is 29.6 Å². The van der Waals surface area contributed by atoms with Gasteiger partial charge < -0.3 is 14.6 Å². The summed E-state index contributed by atoms with van der Waals surface area (Å²) in [5.74, 6) is 0.269. The van der Waals surface area contributed by atoms with E-state index in [1.165, 1.54) is 0 Å². The largest absolute Gasteiger partial charge is 0.449 e. The number of hydrogen-bond acceptors (Lipinski definition) is 4. The first-order chi connectivity index (χ1) is 15.1. The molecule has 2 heterocycles. The van der Waals surface area contributed by atoms with Crippen LogP contribution in [-0.4, -0.2) is 48.0 Å². The number of halogens is 1. The number of benzene rings is 2. The molecule has 1 amide bonds. The number of ketones is 1. The van der Waals surface area contributed by atoms with Gasteiger partial charge in [0.15, 0.2) is 5.78 Å². The fourth-order valence-corrected chi connectivity index (χ4v) is 4.13. The Labute approximate surface area is 186 Å². The number of nitrogens with zero attached hydrogens (tertiary/aromatic N) is 1. The van der Waals surface area contributed by atoms with Crippen molar-refractivity contribution < 1.29 is 14.3 Å². The van der Waals surface area contributed by atoms with Gasteiger partial charge in [0.25, 0.3) is 0 Å². The van der Waals surface area contributed by atoms with E-state index in [0.29, 0.717) is 17.3 Å². The smallest absolute Gasteiger partial charge is 0.411 e. The maximum Gasteiger partial charge on any atom is 0.411 e. The molecular weight excluding hydrogens is 414 g/mol. The molecule has 0 radical (unpaired) electrons. The normalized spacial score (nSPS) is 15.1. The van der Waals surface area contributed by atoms with E-state index in [1.807, 2.05) is 30.5 Å². The highest BCUT2D eigenvalue weighted by Crippen LogP contribution is 2.23. The number of rotatable bonds is 7. The van der Waals surface area contributed by atoms with Gasteiger partial charge in [-0.15, -0.1) is 0 Å². The van der Waals surface area contributed by atoms with Gasteiger partial charge in [0.1, 0.15) is 0 Å². The van der Waals surface area contributed by atoms with Crippen LogP contribution in [0.2, 0.25) is 5.02 Å². The fraction of sp³-hybridized carbons (Fsp3) is 0.333. The van der Waals surface area contributed by atoms with E-state index in [9.17, 15) is 9.59 Å². The number of hydrogen-bond donors (Lipinski definition) is 2. The van der Waals surface area contributed by atoms with Gasteiger partial charge in [0.2, 0.25) is 0 Å². The molecule has 0 saturated carbocycles. The molecule has 0 unspecified atom stereocenters. The zero-order valence-electron chi connectivity index (χ0n) is 17.3. The number of Topliss-reactive ketones (excluding diaryl/α,β-unsaturated/α-hetero) is 1. The minimum Gasteiger partial charge on any atom is -0.449 e. The van der Waals surface area contributed by atoms with E-state index in [1.54, 1.807) is 24.3 Å². The van der Waals surface area contributed by atoms with Gasteiger partial charge in [0.05, 0.1) is 6.61 Å². The van der Waals surface area contributed by atoms with Crippen LogP contribution < -0.4 is 5.32 Å². The summed E-state index contributed by atoms with van der Waals surface area (Å²) in [6.45, 7) is 2.97. The van der Waals surface area contributed by atoms with Gasteiger partial charge >= 0.3 is 6.09 Å². The number of anilines is 1. The molecule has 0 bridgehead atoms. The Balaban J connectivity index is 1.13. The second-order valence-corrected chi connectivity index (χ2v) is 8.32. The van der Waals surface area contributed by atoms with Crippen LogP contribution in [0.25, 0.3) is 10.9 Å². The van der Waals surface area contributed by atoms with E-state index in [2.05, 4.69) is 15.2 Å². The molecule has 0 atom stereocenters. The number of aromatic nitrogens is 1. The van der Waals surface area contributed by atoms with Gasteiger partial charge in [0, 0.05) is 40.4 Å². The zero-order valence-corrected chi connectivity index (χ0v) is 18.0. The molecule has 2 N–H and O–H groups in total. The predicted molar refractivity (Wildman–Crippen MR) is 123 cm³/mol. The van der Waals surface area contributed by atoms with Gasteiger partial charge in [-0.1, -0.05) is 17.7 Å². The number of carbonyl (C=O) groups excluding carboxylic acids is 2. The SMILES string of the molecule is O=C(Nc1ccc2cc[nH]c2c1)OCCCN1CCC(C(=O)c2ccc(Cl)cc2)CC1. The molecule has 1 aliphatic heterocycles. The van der Waals surface area contributed by atoms with E-state index in [0.717, 1.165) is 55.4 Å². The van der Waals surface area contributed by atoms with Gasteiger partial charge in [-0.05, 0) is 80.2 Å². The Hall–Kier alpha value is -2.83. The molecule has 1 aromatic heterocycles. The predicted octanol–water partition coefficient (Wildman–Crippen LogP) is 5.35. The lowest BCUT2D eigenvalue weighted by molar-refractivity contribution is 0.0830. The minimum absolute atomic E-state index is 0.0662. The average Bonchev–Trinajstić information content (AvgIpc) is 3.25. The number of fused-ring (bicyclic) bond motifs is 1. The number of carbonyl (C=O) groups is 2. The summed E-state index contributed by atoms with van der Waals surface area (Å²) in [5.41, 5.74) is 2.40. The second-order valence-electron chi connectivity index (χ2n) is 7.88. The molecule has 0 aliphatic carbocycles. The average molecular weight is 440 g/mol. The van der Waals surface area contributed by atoms with Crippen LogP contribution >= 0.6 is 11.6 Å². The Morgan fingerprint density at radius 1 is 1.10 bits per heavy atom. The molecule has 7 heteroatoms. The standard InChI is InChI=1S/C24H26ClN3O3/c25-20-5-2-18(3-6-20)23(29)19-9-13-28(14-10-19)12-1-15-31-24(30)27-21-7-4-17-8-11-26-22(17)16-21/h2-8,11,16,19,26H,1,9-10,12-15H2,(H,27,30). The number of aromatic amines is 1. The van der Waals surface area contributed by atoms with Crippen LogP contribution in [-0.2, 0) is 4.74 Å². The number of amides is 1. The van der Waals surface area contributed by atoms with Crippen LogP contribution in [0.3, 0.4) is 0 Å². The third-order valence-corrected chi connectivity index (χ3v) is 5.99. The number of piperidine rings is 1. The van der Waals surface area contributed by atoms with Gasteiger partial charge in [-0.2, -0.15) is 0 Å². The highest BCUT2D eigenvalue weighted by atomic mass is 35.5. The number of likely N-dealkylation sites (tertiary alicyclic amines) is 1. The number of nitrogens with one attached hydrogen (secondary N) is 2. The van der Waals surface area contributed by atoms with Crippen molar-refractivity contribution in [3.05, 3.63) is 65.3 Å². The summed E-state index contributed by atoms with van der Waals surface area (Å²) >= 11 is 5.90. The van der Waals surface area contributed by atoms with Crippen LogP contribution in [0, 0.1) is 5.92 Å². The van der Waals surface area contributed by atoms with Crippen molar-refractivity contribution in [2.24, 2.45) is 5.92 Å². The molecular formula is C24H26ClN3O3. The first-order valence-corrected chi connectivity index (χ1v) is 11.0. The summed E-state index contributed by atoms with van der Waals surface area (Å²) in [5, 5.41) is 4.50. The highest BCUT2D eigenvalue weighted by molar-refractivity contribution is 6.30. The molecule has 1 fully saturated rings. The van der Waals surface area contributed by atoms with E-state index in [4.69, 9.17) is 16.3 Å². The zero-order chi connectivity index (χ0) is 21.6. The summed E-state index contributed by atoms with van der Waals surface area (Å²) in [4.78, 5) is 30.1. The lowest BCUT2D eigenvalue weighted by Gasteiger charge is -2.31. The van der Waals surface area contributed by atoms with Crippen molar-refractivity contribution in [2.45, 2.75) is 19.3 Å². The lowest BCUT2D eigenvalue weighted by Crippen LogP contribution is -2.37. The minimum atomic E-state index is -0.446.